The van der Waals surface area contributed by atoms with Crippen LogP contribution < -0.4 is 5.73 Å². The summed E-state index contributed by atoms with van der Waals surface area (Å²) in [5, 5.41) is 0. The fourth-order valence-electron chi connectivity index (χ4n) is 0.672. The number of nitrogens with zero attached hydrogens (tertiary/aromatic N) is 2. The highest BCUT2D eigenvalue weighted by Crippen LogP contribution is 2.21. The minimum Gasteiger partial charge on any atom is -0.396 e. The molecule has 11 heavy (non-hydrogen) atoms. The van der Waals surface area contributed by atoms with E-state index in [1.54, 1.807) is 0 Å². The van der Waals surface area contributed by atoms with Gasteiger partial charge in [0.05, 0.1) is 11.9 Å². The zero-order chi connectivity index (χ0) is 8.43. The molecule has 60 valence electrons. The number of nitrogens with two attached hydrogens (primary N) is 1. The van der Waals surface area contributed by atoms with E-state index in [2.05, 4.69) is 9.97 Å². The second kappa shape index (κ2) is 2.77. The summed E-state index contributed by atoms with van der Waals surface area (Å²) in [6.07, 6.45) is -1.44. The van der Waals surface area contributed by atoms with Gasteiger partial charge in [0.2, 0.25) is 0 Å². The lowest BCUT2D eigenvalue weighted by atomic mass is 10.3. The molecule has 5 heteroatoms. The first kappa shape index (κ1) is 7.84. The van der Waals surface area contributed by atoms with Gasteiger partial charge < -0.3 is 5.73 Å². The zero-order valence-electron chi connectivity index (χ0n) is 5.88. The summed E-state index contributed by atoms with van der Waals surface area (Å²) in [5.74, 6) is 0.300. The molecule has 0 unspecified atom stereocenters. The van der Waals surface area contributed by atoms with Gasteiger partial charge in [-0.15, -0.1) is 0 Å². The van der Waals surface area contributed by atoms with Gasteiger partial charge in [0.15, 0.2) is 0 Å². The molecule has 1 aromatic heterocycles. The van der Waals surface area contributed by atoms with Crippen LogP contribution in [0.1, 0.15) is 17.9 Å². The number of hydrogen-bond acceptors (Lipinski definition) is 3. The van der Waals surface area contributed by atoms with Crippen molar-refractivity contribution in [3.8, 4) is 0 Å². The molecule has 0 saturated carbocycles. The van der Waals surface area contributed by atoms with Gasteiger partial charge in [0.1, 0.15) is 11.5 Å². The molecular weight excluding hydrogens is 152 g/mol. The van der Waals surface area contributed by atoms with Gasteiger partial charge in [-0.3, -0.25) is 0 Å². The van der Waals surface area contributed by atoms with Crippen LogP contribution in [-0.2, 0) is 0 Å². The number of hydrogen-bond donors (Lipinski definition) is 1. The fourth-order valence-corrected chi connectivity index (χ4v) is 0.672. The molecule has 0 radical (unpaired) electrons. The monoisotopic (exact) mass is 159 g/mol. The Bertz CT molecular complexity index is 262. The van der Waals surface area contributed by atoms with Crippen LogP contribution in [0.15, 0.2) is 6.20 Å². The van der Waals surface area contributed by atoms with E-state index >= 15 is 0 Å². The Balaban J connectivity index is 3.13. The summed E-state index contributed by atoms with van der Waals surface area (Å²) >= 11 is 0. The summed E-state index contributed by atoms with van der Waals surface area (Å²) < 4.78 is 24.1. The number of halogens is 2. The topological polar surface area (TPSA) is 51.8 Å². The van der Waals surface area contributed by atoms with Crippen molar-refractivity contribution in [1.82, 2.24) is 9.97 Å². The van der Waals surface area contributed by atoms with Crippen molar-refractivity contribution < 1.29 is 8.78 Å². The Morgan fingerprint density at radius 1 is 1.55 bits per heavy atom. The van der Waals surface area contributed by atoms with Crippen molar-refractivity contribution in [2.45, 2.75) is 13.3 Å². The van der Waals surface area contributed by atoms with E-state index in [9.17, 15) is 8.78 Å². The van der Waals surface area contributed by atoms with Crippen LogP contribution in [0.5, 0.6) is 0 Å². The predicted octanol–water partition coefficient (Wildman–Crippen LogP) is 1.30. The standard InChI is InChI=1S/C6H7F2N3/c1-3-10-2-4(9)5(11-3)6(7)8/h2,6H,9H2,1H3. The molecule has 0 aliphatic heterocycles. The number of rotatable bonds is 1. The number of aryl methyl sites for hydroxylation is 1. The highest BCUT2D eigenvalue weighted by molar-refractivity contribution is 5.40. The van der Waals surface area contributed by atoms with Gasteiger partial charge in [0.25, 0.3) is 6.43 Å². The van der Waals surface area contributed by atoms with E-state index in [-0.39, 0.29) is 5.69 Å². The molecule has 0 aromatic carbocycles. The molecular formula is C6H7F2N3. The van der Waals surface area contributed by atoms with E-state index in [0.29, 0.717) is 5.82 Å². The molecule has 0 spiro atoms. The van der Waals surface area contributed by atoms with Crippen LogP contribution in [-0.4, -0.2) is 9.97 Å². The molecule has 0 amide bonds. The molecule has 0 atom stereocenters. The number of alkyl halides is 2. The third-order valence-corrected chi connectivity index (χ3v) is 1.18. The molecule has 0 aliphatic rings. The summed E-state index contributed by atoms with van der Waals surface area (Å²) in [6.45, 7) is 1.53. The van der Waals surface area contributed by atoms with Crippen molar-refractivity contribution in [3.63, 3.8) is 0 Å². The number of nitrogen functional groups attached to an aromatic ring is 1. The van der Waals surface area contributed by atoms with Crippen LogP contribution in [0.25, 0.3) is 0 Å². The molecule has 3 nitrogen and oxygen atoms in total. The summed E-state index contributed by atoms with van der Waals surface area (Å²) in [4.78, 5) is 7.14. The van der Waals surface area contributed by atoms with Crippen LogP contribution in [0.4, 0.5) is 14.5 Å². The van der Waals surface area contributed by atoms with Crippen LogP contribution in [0.3, 0.4) is 0 Å². The molecule has 2 N–H and O–H groups in total. The molecule has 1 aromatic rings. The van der Waals surface area contributed by atoms with Gasteiger partial charge in [-0.25, -0.2) is 18.7 Å². The predicted molar refractivity (Wildman–Crippen MR) is 36.1 cm³/mol. The normalized spacial score (nSPS) is 10.5. The first-order chi connectivity index (χ1) is 5.11. The number of aromatic nitrogens is 2. The highest BCUT2D eigenvalue weighted by Gasteiger charge is 2.12. The third kappa shape index (κ3) is 1.60. The maximum Gasteiger partial charge on any atom is 0.282 e. The molecule has 0 bridgehead atoms. The number of anilines is 1. The van der Waals surface area contributed by atoms with Crippen molar-refractivity contribution in [3.05, 3.63) is 17.7 Å². The summed E-state index contributed by atoms with van der Waals surface area (Å²) in [7, 11) is 0. The Hall–Kier alpha value is -1.26. The zero-order valence-corrected chi connectivity index (χ0v) is 5.88. The quantitative estimate of drug-likeness (QED) is 0.672. The van der Waals surface area contributed by atoms with E-state index in [1.165, 1.54) is 13.1 Å². The van der Waals surface area contributed by atoms with Gasteiger partial charge in [-0.1, -0.05) is 0 Å². The largest absolute Gasteiger partial charge is 0.396 e. The summed E-state index contributed by atoms with van der Waals surface area (Å²) in [5.41, 5.74) is 4.73. The Morgan fingerprint density at radius 3 is 2.64 bits per heavy atom. The smallest absolute Gasteiger partial charge is 0.282 e. The second-order valence-corrected chi connectivity index (χ2v) is 2.06. The lowest BCUT2D eigenvalue weighted by Gasteiger charge is -2.02. The Kier molecular flexibility index (Phi) is 1.98. The van der Waals surface area contributed by atoms with E-state index in [1.807, 2.05) is 0 Å². The lowest BCUT2D eigenvalue weighted by Crippen LogP contribution is -2.01. The van der Waals surface area contributed by atoms with Crippen molar-refractivity contribution in [2.75, 3.05) is 5.73 Å². The van der Waals surface area contributed by atoms with Gasteiger partial charge in [0, 0.05) is 0 Å². The SMILES string of the molecule is Cc1ncc(N)c(C(F)F)n1. The second-order valence-electron chi connectivity index (χ2n) is 2.06. The molecule has 0 saturated heterocycles. The van der Waals surface area contributed by atoms with E-state index < -0.39 is 12.1 Å². The average Bonchev–Trinajstić information content (AvgIpc) is 1.94. The minimum absolute atomic E-state index is 0.0643. The summed E-state index contributed by atoms with van der Waals surface area (Å²) in [6, 6.07) is 0. The first-order valence-electron chi connectivity index (χ1n) is 2.98. The van der Waals surface area contributed by atoms with Crippen molar-refractivity contribution in [2.24, 2.45) is 0 Å². The highest BCUT2D eigenvalue weighted by atomic mass is 19.3. The van der Waals surface area contributed by atoms with Crippen LogP contribution in [0.2, 0.25) is 0 Å². The molecule has 0 aliphatic carbocycles. The van der Waals surface area contributed by atoms with E-state index in [4.69, 9.17) is 5.73 Å². The van der Waals surface area contributed by atoms with Crippen molar-refractivity contribution in [1.29, 1.82) is 0 Å². The van der Waals surface area contributed by atoms with Crippen LogP contribution in [0, 0.1) is 6.92 Å². The Morgan fingerprint density at radius 2 is 2.18 bits per heavy atom. The molecule has 1 rings (SSSR count). The third-order valence-electron chi connectivity index (χ3n) is 1.18. The molecule has 0 fully saturated rings. The van der Waals surface area contributed by atoms with Crippen molar-refractivity contribution >= 4 is 5.69 Å². The maximum atomic E-state index is 12.0. The van der Waals surface area contributed by atoms with Gasteiger partial charge in [-0.2, -0.15) is 0 Å². The first-order valence-corrected chi connectivity index (χ1v) is 2.98. The van der Waals surface area contributed by atoms with Gasteiger partial charge in [-0.05, 0) is 6.92 Å². The van der Waals surface area contributed by atoms with Crippen LogP contribution >= 0.6 is 0 Å². The maximum absolute atomic E-state index is 12.0. The Labute approximate surface area is 62.3 Å². The van der Waals surface area contributed by atoms with Gasteiger partial charge >= 0.3 is 0 Å². The minimum atomic E-state index is -2.63. The molecule has 1 heterocycles. The fraction of sp³-hybridized carbons (Fsp3) is 0.333. The van der Waals surface area contributed by atoms with E-state index in [0.717, 1.165) is 0 Å². The lowest BCUT2D eigenvalue weighted by molar-refractivity contribution is 0.146. The average molecular weight is 159 g/mol.